The van der Waals surface area contributed by atoms with Crippen LogP contribution in [0.3, 0.4) is 0 Å². The van der Waals surface area contributed by atoms with Gasteiger partial charge in [-0.15, -0.1) is 0 Å². The summed E-state index contributed by atoms with van der Waals surface area (Å²) in [5.74, 6) is -0.347. The molecule has 4 atom stereocenters. The van der Waals surface area contributed by atoms with Crippen LogP contribution in [0.1, 0.15) is 59.3 Å². The minimum atomic E-state index is -0.558. The summed E-state index contributed by atoms with van der Waals surface area (Å²) in [6, 6.07) is 0. The fraction of sp³-hybridized carbons (Fsp3) is 0.636. The largest absolute Gasteiger partial charge is 0.505 e. The van der Waals surface area contributed by atoms with Gasteiger partial charge in [0.2, 0.25) is 11.6 Å². The normalized spacial score (nSPS) is 38.2. The maximum atomic E-state index is 12.6. The first-order chi connectivity index (χ1) is 12.1. The highest BCUT2D eigenvalue weighted by molar-refractivity contribution is 6.48. The van der Waals surface area contributed by atoms with Crippen LogP contribution in [0, 0.1) is 22.7 Å². The lowest BCUT2D eigenvalue weighted by atomic mass is 9.46. The summed E-state index contributed by atoms with van der Waals surface area (Å²) in [5, 5.41) is 13.5. The van der Waals surface area contributed by atoms with E-state index in [1.807, 2.05) is 0 Å². The monoisotopic (exact) mass is 357 g/mol. The van der Waals surface area contributed by atoms with Crippen molar-refractivity contribution < 1.29 is 14.7 Å². The number of hydrogen-bond donors (Lipinski definition) is 2. The Morgan fingerprint density at radius 2 is 2.00 bits per heavy atom. The van der Waals surface area contributed by atoms with Crippen LogP contribution in [-0.2, 0) is 9.59 Å². The third-order valence-corrected chi connectivity index (χ3v) is 7.71. The van der Waals surface area contributed by atoms with Crippen LogP contribution in [0.25, 0.3) is 0 Å². The number of fused-ring (bicyclic) bond motifs is 1. The van der Waals surface area contributed by atoms with Crippen LogP contribution >= 0.6 is 0 Å². The van der Waals surface area contributed by atoms with Gasteiger partial charge in [0.15, 0.2) is 0 Å². The van der Waals surface area contributed by atoms with Crippen LogP contribution in [0.2, 0.25) is 0 Å². The lowest BCUT2D eigenvalue weighted by Gasteiger charge is -2.59. The maximum absolute atomic E-state index is 12.6. The fourth-order valence-electron chi connectivity index (χ4n) is 5.68. The number of likely N-dealkylation sites (N-methyl/N-ethyl adjacent to an activating group) is 1. The molecule has 4 heteroatoms. The highest BCUT2D eigenvalue weighted by Crippen LogP contribution is 2.63. The first-order valence-electron chi connectivity index (χ1n) is 9.74. The predicted molar refractivity (Wildman–Crippen MR) is 103 cm³/mol. The van der Waals surface area contributed by atoms with Gasteiger partial charge in [-0.2, -0.15) is 0 Å². The molecule has 142 valence electrons. The molecule has 4 nitrogen and oxygen atoms in total. The molecular formula is C22H31NO3. The third kappa shape index (κ3) is 2.65. The van der Waals surface area contributed by atoms with Crippen molar-refractivity contribution in [1.29, 1.82) is 0 Å². The third-order valence-electron chi connectivity index (χ3n) is 7.71. The van der Waals surface area contributed by atoms with Gasteiger partial charge in [-0.25, -0.2) is 0 Å². The fourth-order valence-corrected chi connectivity index (χ4v) is 5.68. The Kier molecular flexibility index (Phi) is 4.66. The van der Waals surface area contributed by atoms with E-state index in [9.17, 15) is 14.7 Å². The number of Topliss-reactive ketones (excluding diaryl/α,β-unsaturated/α-hetero) is 1. The molecule has 2 fully saturated rings. The molecule has 0 saturated heterocycles. The summed E-state index contributed by atoms with van der Waals surface area (Å²) in [4.78, 5) is 24.7. The molecule has 3 aliphatic carbocycles. The Balaban J connectivity index is 2.03. The molecule has 26 heavy (non-hydrogen) atoms. The molecule has 0 amide bonds. The lowest BCUT2D eigenvalue weighted by Crippen LogP contribution is -2.51. The van der Waals surface area contributed by atoms with E-state index in [0.29, 0.717) is 24.0 Å². The molecule has 2 saturated carbocycles. The Labute approximate surface area is 156 Å². The average molecular weight is 357 g/mol. The molecule has 0 bridgehead atoms. The van der Waals surface area contributed by atoms with Crippen molar-refractivity contribution in [2.75, 3.05) is 7.05 Å². The number of carbonyl (C=O) groups is 2. The second-order valence-corrected chi connectivity index (χ2v) is 8.92. The van der Waals surface area contributed by atoms with Gasteiger partial charge in [0.25, 0.3) is 0 Å². The van der Waals surface area contributed by atoms with Crippen LogP contribution in [0.15, 0.2) is 35.3 Å². The van der Waals surface area contributed by atoms with Gasteiger partial charge in [-0.05, 0) is 61.2 Å². The Morgan fingerprint density at radius 3 is 2.65 bits per heavy atom. The van der Waals surface area contributed by atoms with Crippen molar-refractivity contribution in [1.82, 2.24) is 5.32 Å². The first kappa shape index (κ1) is 18.9. The summed E-state index contributed by atoms with van der Waals surface area (Å²) < 4.78 is 0. The van der Waals surface area contributed by atoms with E-state index in [2.05, 4.69) is 32.7 Å². The quantitative estimate of drug-likeness (QED) is 0.450. The van der Waals surface area contributed by atoms with E-state index in [4.69, 9.17) is 0 Å². The van der Waals surface area contributed by atoms with E-state index < -0.39 is 11.6 Å². The van der Waals surface area contributed by atoms with Gasteiger partial charge >= 0.3 is 0 Å². The molecular weight excluding hydrogens is 326 g/mol. The number of hydrogen-bond acceptors (Lipinski definition) is 4. The average Bonchev–Trinajstić information content (AvgIpc) is 2.61. The summed E-state index contributed by atoms with van der Waals surface area (Å²) in [6.45, 7) is 11.2. The summed E-state index contributed by atoms with van der Waals surface area (Å²) in [7, 11) is 1.65. The van der Waals surface area contributed by atoms with E-state index in [-0.39, 0.29) is 22.2 Å². The van der Waals surface area contributed by atoms with E-state index in [1.165, 1.54) is 11.6 Å². The van der Waals surface area contributed by atoms with Crippen molar-refractivity contribution in [3.63, 3.8) is 0 Å². The van der Waals surface area contributed by atoms with Gasteiger partial charge in [0, 0.05) is 18.7 Å². The standard InChI is InChI=1S/C22H31NO3/c1-13-7-6-8-18-21(13,3)10-9-14(2)22(18,4)12-15-19(25)16(23-5)11-17(24)20(15)26/h11,14,18,23,25H,1,6-10,12H2,2-5H3/t14-,18+,21+,22+/m1/s1. The van der Waals surface area contributed by atoms with Gasteiger partial charge in [-0.3, -0.25) is 9.59 Å². The van der Waals surface area contributed by atoms with Crippen molar-refractivity contribution >= 4 is 11.6 Å². The van der Waals surface area contributed by atoms with Crippen LogP contribution < -0.4 is 5.32 Å². The Hall–Kier alpha value is -1.84. The molecule has 0 aromatic carbocycles. The van der Waals surface area contributed by atoms with Crippen LogP contribution in [0.5, 0.6) is 0 Å². The van der Waals surface area contributed by atoms with Crippen molar-refractivity contribution in [3.05, 3.63) is 35.3 Å². The highest BCUT2D eigenvalue weighted by Gasteiger charge is 2.54. The molecule has 0 aromatic rings. The molecule has 0 heterocycles. The molecule has 0 spiro atoms. The zero-order valence-electron chi connectivity index (χ0n) is 16.4. The van der Waals surface area contributed by atoms with E-state index >= 15 is 0 Å². The van der Waals surface area contributed by atoms with Gasteiger partial charge < -0.3 is 10.4 Å². The second kappa shape index (κ2) is 6.40. The molecule has 3 aliphatic rings. The second-order valence-electron chi connectivity index (χ2n) is 8.92. The van der Waals surface area contributed by atoms with E-state index in [0.717, 1.165) is 32.1 Å². The smallest absolute Gasteiger partial charge is 0.232 e. The maximum Gasteiger partial charge on any atom is 0.232 e. The number of ketones is 2. The van der Waals surface area contributed by atoms with E-state index in [1.54, 1.807) is 7.05 Å². The van der Waals surface area contributed by atoms with Crippen LogP contribution in [-0.4, -0.2) is 23.7 Å². The molecule has 0 aliphatic heterocycles. The topological polar surface area (TPSA) is 66.4 Å². The highest BCUT2D eigenvalue weighted by atomic mass is 16.3. The summed E-state index contributed by atoms with van der Waals surface area (Å²) >= 11 is 0. The SMILES string of the molecule is C=C1CCC[C@@H]2[C@@](C)(CC3=C(O)C(NC)=CC(=O)C3=O)[C@H](C)CC[C@@]12C. The number of carbonyl (C=O) groups excluding carboxylic acids is 2. The number of nitrogens with one attached hydrogen (secondary N) is 1. The Bertz CT molecular complexity index is 732. The first-order valence-corrected chi connectivity index (χ1v) is 9.74. The number of aliphatic hydroxyl groups excluding tert-OH is 1. The summed E-state index contributed by atoms with van der Waals surface area (Å²) in [5.41, 5.74) is 1.88. The zero-order chi connectivity index (χ0) is 19.3. The molecule has 0 unspecified atom stereocenters. The number of rotatable bonds is 3. The van der Waals surface area contributed by atoms with Gasteiger partial charge in [-0.1, -0.05) is 32.9 Å². The molecule has 2 N–H and O–H groups in total. The molecule has 0 radical (unpaired) electrons. The predicted octanol–water partition coefficient (Wildman–Crippen LogP) is 4.24. The van der Waals surface area contributed by atoms with Gasteiger partial charge in [0.1, 0.15) is 5.76 Å². The van der Waals surface area contributed by atoms with Crippen molar-refractivity contribution in [2.24, 2.45) is 22.7 Å². The van der Waals surface area contributed by atoms with Crippen LogP contribution in [0.4, 0.5) is 0 Å². The number of allylic oxidation sites excluding steroid dienone is 3. The Morgan fingerprint density at radius 1 is 1.31 bits per heavy atom. The minimum Gasteiger partial charge on any atom is -0.505 e. The number of aliphatic hydroxyl groups is 1. The van der Waals surface area contributed by atoms with Crippen molar-refractivity contribution in [3.8, 4) is 0 Å². The van der Waals surface area contributed by atoms with Crippen molar-refractivity contribution in [2.45, 2.75) is 59.3 Å². The molecule has 3 rings (SSSR count). The zero-order valence-corrected chi connectivity index (χ0v) is 16.4. The minimum absolute atomic E-state index is 0.0626. The lowest BCUT2D eigenvalue weighted by molar-refractivity contribution is -0.132. The summed E-state index contributed by atoms with van der Waals surface area (Å²) in [6.07, 6.45) is 7.16. The van der Waals surface area contributed by atoms with Gasteiger partial charge in [0.05, 0.1) is 5.70 Å². The molecule has 0 aromatic heterocycles.